The summed E-state index contributed by atoms with van der Waals surface area (Å²) in [5.41, 5.74) is 0.455. The van der Waals surface area contributed by atoms with Crippen molar-refractivity contribution in [2.24, 2.45) is 0 Å². The second kappa shape index (κ2) is 7.51. The molecular formula is C18H14F3N5O2. The van der Waals surface area contributed by atoms with Gasteiger partial charge in [0.1, 0.15) is 6.33 Å². The Hall–Kier alpha value is -3.69. The van der Waals surface area contributed by atoms with Gasteiger partial charge in [0.25, 0.3) is 0 Å². The molecule has 144 valence electrons. The van der Waals surface area contributed by atoms with E-state index in [1.165, 1.54) is 12.1 Å². The minimum Gasteiger partial charge on any atom is -0.334 e. The molecule has 10 heteroatoms. The Morgan fingerprint density at radius 2 is 1.57 bits per heavy atom. The average Bonchev–Trinajstić information content (AvgIpc) is 2.63. The molecule has 1 aromatic heterocycles. The molecule has 0 atom stereocenters. The van der Waals surface area contributed by atoms with Crippen LogP contribution in [0, 0.1) is 17.0 Å². The van der Waals surface area contributed by atoms with E-state index in [1.54, 1.807) is 12.1 Å². The molecule has 0 aliphatic heterocycles. The SMILES string of the molecule is Cc1ccccc1Nc1ncnc(Nc2ccc(C(F)(F)F)cc2)c1[N+](=O)[O-]. The third kappa shape index (κ3) is 4.17. The number of hydrogen-bond acceptors (Lipinski definition) is 6. The maximum Gasteiger partial charge on any atom is 0.416 e. The molecule has 2 N–H and O–H groups in total. The van der Waals surface area contributed by atoms with Gasteiger partial charge in [0, 0.05) is 11.4 Å². The summed E-state index contributed by atoms with van der Waals surface area (Å²) in [6.45, 7) is 1.83. The molecule has 1 heterocycles. The summed E-state index contributed by atoms with van der Waals surface area (Å²) in [7, 11) is 0. The second-order valence-corrected chi connectivity index (χ2v) is 5.82. The van der Waals surface area contributed by atoms with E-state index in [-0.39, 0.29) is 17.3 Å². The van der Waals surface area contributed by atoms with E-state index in [0.29, 0.717) is 5.69 Å². The summed E-state index contributed by atoms with van der Waals surface area (Å²) in [5, 5.41) is 17.2. The van der Waals surface area contributed by atoms with Gasteiger partial charge in [0.15, 0.2) is 0 Å². The molecule has 3 aromatic rings. The number of aryl methyl sites for hydroxylation is 1. The number of hydrogen-bond donors (Lipinski definition) is 2. The predicted octanol–water partition coefficient (Wildman–Crippen LogP) is 5.20. The van der Waals surface area contributed by atoms with Gasteiger partial charge >= 0.3 is 11.9 Å². The van der Waals surface area contributed by atoms with Gasteiger partial charge < -0.3 is 10.6 Å². The number of para-hydroxylation sites is 1. The molecule has 0 saturated carbocycles. The first-order chi connectivity index (χ1) is 13.3. The number of halogens is 3. The Morgan fingerprint density at radius 1 is 0.964 bits per heavy atom. The number of nitrogens with zero attached hydrogens (tertiary/aromatic N) is 3. The third-order valence-corrected chi connectivity index (χ3v) is 3.88. The number of rotatable bonds is 5. The summed E-state index contributed by atoms with van der Waals surface area (Å²) >= 11 is 0. The lowest BCUT2D eigenvalue weighted by Gasteiger charge is -2.12. The molecule has 0 spiro atoms. The third-order valence-electron chi connectivity index (χ3n) is 3.88. The van der Waals surface area contributed by atoms with Crippen molar-refractivity contribution in [1.29, 1.82) is 0 Å². The molecule has 0 unspecified atom stereocenters. The monoisotopic (exact) mass is 389 g/mol. The van der Waals surface area contributed by atoms with Gasteiger partial charge in [-0.25, -0.2) is 9.97 Å². The van der Waals surface area contributed by atoms with Crippen molar-refractivity contribution in [2.75, 3.05) is 10.6 Å². The molecule has 0 fully saturated rings. The highest BCUT2D eigenvalue weighted by molar-refractivity contribution is 5.77. The fraction of sp³-hybridized carbons (Fsp3) is 0.111. The normalized spacial score (nSPS) is 11.1. The number of aromatic nitrogens is 2. The Morgan fingerprint density at radius 3 is 2.14 bits per heavy atom. The van der Waals surface area contributed by atoms with Crippen LogP contribution in [0.5, 0.6) is 0 Å². The Kier molecular flexibility index (Phi) is 5.12. The number of anilines is 4. The van der Waals surface area contributed by atoms with Gasteiger partial charge in [-0.3, -0.25) is 10.1 Å². The van der Waals surface area contributed by atoms with E-state index in [0.717, 1.165) is 24.0 Å². The van der Waals surface area contributed by atoms with Crippen LogP contribution in [0.1, 0.15) is 11.1 Å². The summed E-state index contributed by atoms with van der Waals surface area (Å²) in [6.07, 6.45) is -3.34. The van der Waals surface area contributed by atoms with Crippen LogP contribution in [0.4, 0.5) is 41.9 Å². The van der Waals surface area contributed by atoms with Crippen molar-refractivity contribution in [3.8, 4) is 0 Å². The van der Waals surface area contributed by atoms with Crippen LogP contribution in [0.15, 0.2) is 54.9 Å². The van der Waals surface area contributed by atoms with E-state index < -0.39 is 22.4 Å². The van der Waals surface area contributed by atoms with Crippen LogP contribution in [0.2, 0.25) is 0 Å². The van der Waals surface area contributed by atoms with E-state index in [2.05, 4.69) is 20.6 Å². The molecule has 0 aliphatic rings. The zero-order valence-corrected chi connectivity index (χ0v) is 14.5. The zero-order valence-electron chi connectivity index (χ0n) is 14.5. The van der Waals surface area contributed by atoms with Crippen molar-refractivity contribution < 1.29 is 18.1 Å². The van der Waals surface area contributed by atoms with Crippen molar-refractivity contribution in [2.45, 2.75) is 13.1 Å². The Balaban J connectivity index is 1.93. The van der Waals surface area contributed by atoms with Crippen molar-refractivity contribution in [3.63, 3.8) is 0 Å². The molecule has 0 saturated heterocycles. The smallest absolute Gasteiger partial charge is 0.334 e. The number of nitro groups is 1. The van der Waals surface area contributed by atoms with E-state index >= 15 is 0 Å². The summed E-state index contributed by atoms with van der Waals surface area (Å²) in [4.78, 5) is 18.7. The lowest BCUT2D eigenvalue weighted by Crippen LogP contribution is -2.07. The standard InChI is InChI=1S/C18H14F3N5O2/c1-11-4-2-3-5-14(11)25-17-15(26(27)28)16(22-10-23-17)24-13-8-6-12(7-9-13)18(19,20)21/h2-10H,1H3,(H2,22,23,24,25). The first kappa shape index (κ1) is 19.1. The van der Waals surface area contributed by atoms with Crippen molar-refractivity contribution >= 4 is 28.7 Å². The molecule has 2 aromatic carbocycles. The highest BCUT2D eigenvalue weighted by Crippen LogP contribution is 2.34. The van der Waals surface area contributed by atoms with E-state index in [9.17, 15) is 23.3 Å². The maximum atomic E-state index is 12.7. The molecule has 0 radical (unpaired) electrons. The van der Waals surface area contributed by atoms with Crippen LogP contribution in [0.3, 0.4) is 0 Å². The van der Waals surface area contributed by atoms with E-state index in [1.807, 2.05) is 19.1 Å². The molecule has 0 amide bonds. The highest BCUT2D eigenvalue weighted by Gasteiger charge is 2.30. The summed E-state index contributed by atoms with van der Waals surface area (Å²) in [6, 6.07) is 11.3. The summed E-state index contributed by atoms with van der Waals surface area (Å²) in [5.74, 6) is -0.181. The predicted molar refractivity (Wildman–Crippen MR) is 97.9 cm³/mol. The Labute approximate surface area is 157 Å². The van der Waals surface area contributed by atoms with Gasteiger partial charge in [-0.1, -0.05) is 18.2 Å². The van der Waals surface area contributed by atoms with Gasteiger partial charge in [-0.05, 0) is 42.8 Å². The minimum absolute atomic E-state index is 0.0382. The van der Waals surface area contributed by atoms with Gasteiger partial charge in [-0.15, -0.1) is 0 Å². The number of alkyl halides is 3. The molecule has 28 heavy (non-hydrogen) atoms. The van der Waals surface area contributed by atoms with Crippen LogP contribution in [0.25, 0.3) is 0 Å². The first-order valence-corrected chi connectivity index (χ1v) is 8.02. The minimum atomic E-state index is -4.47. The zero-order chi connectivity index (χ0) is 20.3. The van der Waals surface area contributed by atoms with Crippen LogP contribution in [-0.4, -0.2) is 14.9 Å². The summed E-state index contributed by atoms with van der Waals surface area (Å²) < 4.78 is 38.0. The van der Waals surface area contributed by atoms with Crippen LogP contribution in [-0.2, 0) is 6.18 Å². The van der Waals surface area contributed by atoms with Gasteiger partial charge in [0.05, 0.1) is 10.5 Å². The van der Waals surface area contributed by atoms with Crippen molar-refractivity contribution in [1.82, 2.24) is 9.97 Å². The number of nitrogens with one attached hydrogen (secondary N) is 2. The van der Waals surface area contributed by atoms with E-state index in [4.69, 9.17) is 0 Å². The quantitative estimate of drug-likeness (QED) is 0.460. The largest absolute Gasteiger partial charge is 0.416 e. The Bertz CT molecular complexity index is 1010. The van der Waals surface area contributed by atoms with Crippen LogP contribution < -0.4 is 10.6 Å². The van der Waals surface area contributed by atoms with Crippen molar-refractivity contribution in [3.05, 3.63) is 76.1 Å². The highest BCUT2D eigenvalue weighted by atomic mass is 19.4. The topological polar surface area (TPSA) is 93.0 Å². The van der Waals surface area contributed by atoms with Gasteiger partial charge in [0.2, 0.25) is 11.6 Å². The van der Waals surface area contributed by atoms with Gasteiger partial charge in [-0.2, -0.15) is 13.2 Å². The van der Waals surface area contributed by atoms with Crippen LogP contribution >= 0.6 is 0 Å². The average molecular weight is 389 g/mol. The molecular weight excluding hydrogens is 375 g/mol. The fourth-order valence-electron chi connectivity index (χ4n) is 2.45. The molecule has 0 aliphatic carbocycles. The fourth-order valence-corrected chi connectivity index (χ4v) is 2.45. The first-order valence-electron chi connectivity index (χ1n) is 8.02. The lowest BCUT2D eigenvalue weighted by atomic mass is 10.2. The maximum absolute atomic E-state index is 12.7. The molecule has 7 nitrogen and oxygen atoms in total. The molecule has 0 bridgehead atoms. The number of benzene rings is 2. The second-order valence-electron chi connectivity index (χ2n) is 5.82. The molecule has 3 rings (SSSR count). The lowest BCUT2D eigenvalue weighted by molar-refractivity contribution is -0.383.